The molecule has 5 nitrogen and oxygen atoms in total. The van der Waals surface area contributed by atoms with Gasteiger partial charge in [0.2, 0.25) is 15.9 Å². The van der Waals surface area contributed by atoms with Gasteiger partial charge in [0, 0.05) is 19.5 Å². The van der Waals surface area contributed by atoms with Gasteiger partial charge < -0.3 is 5.73 Å². The fourth-order valence-corrected chi connectivity index (χ4v) is 3.16. The van der Waals surface area contributed by atoms with Gasteiger partial charge in [0.15, 0.2) is 0 Å². The second kappa shape index (κ2) is 7.25. The predicted molar refractivity (Wildman–Crippen MR) is 73.9 cm³/mol. The smallest absolute Gasteiger partial charge is 0.243 e. The maximum Gasteiger partial charge on any atom is 0.243 e. The average molecular weight is 284 g/mol. The normalized spacial score (nSPS) is 11.7. The number of unbranched alkanes of at least 4 members (excludes halogenated alkanes) is 1. The maximum atomic E-state index is 12.4. The van der Waals surface area contributed by atoms with Gasteiger partial charge in [-0.25, -0.2) is 8.42 Å². The minimum Gasteiger partial charge on any atom is -0.370 e. The van der Waals surface area contributed by atoms with Crippen molar-refractivity contribution in [2.45, 2.75) is 31.1 Å². The van der Waals surface area contributed by atoms with E-state index in [9.17, 15) is 13.2 Å². The van der Waals surface area contributed by atoms with E-state index in [0.717, 1.165) is 12.8 Å². The van der Waals surface area contributed by atoms with Crippen LogP contribution in [0.5, 0.6) is 0 Å². The van der Waals surface area contributed by atoms with Crippen LogP contribution in [0.25, 0.3) is 0 Å². The van der Waals surface area contributed by atoms with Crippen LogP contribution in [0, 0.1) is 0 Å². The molecule has 1 amide bonds. The van der Waals surface area contributed by atoms with Crippen LogP contribution in [0.2, 0.25) is 0 Å². The van der Waals surface area contributed by atoms with Crippen molar-refractivity contribution < 1.29 is 13.2 Å². The van der Waals surface area contributed by atoms with Gasteiger partial charge in [-0.1, -0.05) is 31.5 Å². The van der Waals surface area contributed by atoms with Crippen molar-refractivity contribution in [1.29, 1.82) is 0 Å². The highest BCUT2D eigenvalue weighted by Crippen LogP contribution is 2.16. The number of hydrogen-bond acceptors (Lipinski definition) is 3. The first kappa shape index (κ1) is 15.7. The molecule has 0 atom stereocenters. The van der Waals surface area contributed by atoms with E-state index in [0.29, 0.717) is 6.54 Å². The summed E-state index contributed by atoms with van der Waals surface area (Å²) in [6.07, 6.45) is 1.68. The zero-order valence-electron chi connectivity index (χ0n) is 11.1. The third-order valence-corrected chi connectivity index (χ3v) is 4.66. The molecule has 1 rings (SSSR count). The number of primary amides is 1. The molecule has 2 N–H and O–H groups in total. The monoisotopic (exact) mass is 284 g/mol. The number of hydrogen-bond donors (Lipinski definition) is 1. The first-order chi connectivity index (χ1) is 8.98. The van der Waals surface area contributed by atoms with Crippen molar-refractivity contribution in [3.63, 3.8) is 0 Å². The van der Waals surface area contributed by atoms with Crippen molar-refractivity contribution >= 4 is 15.9 Å². The zero-order chi connectivity index (χ0) is 14.3. The SMILES string of the molecule is CCCCN(CCC(N)=O)S(=O)(=O)c1ccccc1. The molecular weight excluding hydrogens is 264 g/mol. The standard InChI is InChI=1S/C13H20N2O3S/c1-2-3-10-15(11-9-13(14)16)19(17,18)12-7-5-4-6-8-12/h4-8H,2-3,9-11H2,1H3,(H2,14,16). The Hall–Kier alpha value is -1.40. The Morgan fingerprint density at radius 3 is 2.37 bits per heavy atom. The van der Waals surface area contributed by atoms with Crippen LogP contribution in [-0.2, 0) is 14.8 Å². The molecule has 0 saturated carbocycles. The average Bonchev–Trinajstić information content (AvgIpc) is 2.39. The van der Waals surface area contributed by atoms with Gasteiger partial charge in [-0.05, 0) is 18.6 Å². The quantitative estimate of drug-likeness (QED) is 0.782. The van der Waals surface area contributed by atoms with Gasteiger partial charge in [-0.3, -0.25) is 4.79 Å². The molecule has 0 bridgehead atoms. The van der Waals surface area contributed by atoms with Crippen LogP contribution in [-0.4, -0.2) is 31.7 Å². The highest BCUT2D eigenvalue weighted by Gasteiger charge is 2.23. The van der Waals surface area contributed by atoms with Crippen LogP contribution in [0.1, 0.15) is 26.2 Å². The van der Waals surface area contributed by atoms with Gasteiger partial charge in [0.25, 0.3) is 0 Å². The Kier molecular flexibility index (Phi) is 5.98. The predicted octanol–water partition coefficient (Wildman–Crippen LogP) is 1.35. The molecule has 0 saturated heterocycles. The Morgan fingerprint density at radius 2 is 1.84 bits per heavy atom. The topological polar surface area (TPSA) is 80.5 Å². The first-order valence-electron chi connectivity index (χ1n) is 6.32. The summed E-state index contributed by atoms with van der Waals surface area (Å²) in [6.45, 7) is 2.52. The zero-order valence-corrected chi connectivity index (χ0v) is 11.9. The number of sulfonamides is 1. The fraction of sp³-hybridized carbons (Fsp3) is 0.462. The molecule has 0 radical (unpaired) electrons. The minimum absolute atomic E-state index is 0.0375. The molecule has 1 aromatic carbocycles. The van der Waals surface area contributed by atoms with Crippen molar-refractivity contribution in [2.75, 3.05) is 13.1 Å². The summed E-state index contributed by atoms with van der Waals surface area (Å²) in [5.74, 6) is -0.496. The van der Waals surface area contributed by atoms with Crippen LogP contribution in [0.3, 0.4) is 0 Å². The van der Waals surface area contributed by atoms with Gasteiger partial charge in [-0.15, -0.1) is 0 Å². The van der Waals surface area contributed by atoms with E-state index in [4.69, 9.17) is 5.73 Å². The van der Waals surface area contributed by atoms with E-state index in [1.807, 2.05) is 6.92 Å². The van der Waals surface area contributed by atoms with Crippen molar-refractivity contribution in [1.82, 2.24) is 4.31 Å². The van der Waals surface area contributed by atoms with E-state index in [1.165, 1.54) is 4.31 Å². The van der Waals surface area contributed by atoms with E-state index in [2.05, 4.69) is 0 Å². The van der Waals surface area contributed by atoms with Crippen molar-refractivity contribution in [2.24, 2.45) is 5.73 Å². The van der Waals surface area contributed by atoms with E-state index in [-0.39, 0.29) is 17.9 Å². The van der Waals surface area contributed by atoms with Crippen LogP contribution in [0.15, 0.2) is 35.2 Å². The Morgan fingerprint density at radius 1 is 1.21 bits per heavy atom. The van der Waals surface area contributed by atoms with Gasteiger partial charge in [-0.2, -0.15) is 4.31 Å². The summed E-state index contributed by atoms with van der Waals surface area (Å²) in [5, 5.41) is 0. The molecule has 0 aliphatic rings. The summed E-state index contributed by atoms with van der Waals surface area (Å²) < 4.78 is 26.2. The largest absolute Gasteiger partial charge is 0.370 e. The second-order valence-electron chi connectivity index (χ2n) is 4.29. The van der Waals surface area contributed by atoms with Gasteiger partial charge >= 0.3 is 0 Å². The Labute approximate surface area is 114 Å². The molecule has 0 aromatic heterocycles. The number of carbonyl (C=O) groups is 1. The van der Waals surface area contributed by atoms with E-state index < -0.39 is 15.9 Å². The number of benzene rings is 1. The van der Waals surface area contributed by atoms with Crippen molar-refractivity contribution in [3.8, 4) is 0 Å². The number of amides is 1. The van der Waals surface area contributed by atoms with E-state index in [1.54, 1.807) is 30.3 Å². The molecule has 0 heterocycles. The third kappa shape index (κ3) is 4.65. The number of rotatable bonds is 8. The summed E-state index contributed by atoms with van der Waals surface area (Å²) in [4.78, 5) is 11.1. The molecule has 1 aromatic rings. The lowest BCUT2D eigenvalue weighted by Gasteiger charge is -2.21. The molecule has 0 aliphatic heterocycles. The molecule has 19 heavy (non-hydrogen) atoms. The van der Waals surface area contributed by atoms with Gasteiger partial charge in [0.1, 0.15) is 0 Å². The minimum atomic E-state index is -3.54. The fourth-order valence-electron chi connectivity index (χ4n) is 1.66. The first-order valence-corrected chi connectivity index (χ1v) is 7.76. The van der Waals surface area contributed by atoms with Crippen LogP contribution in [0.4, 0.5) is 0 Å². The molecule has 6 heteroatoms. The van der Waals surface area contributed by atoms with Gasteiger partial charge in [0.05, 0.1) is 4.90 Å². The van der Waals surface area contributed by atoms with Crippen molar-refractivity contribution in [3.05, 3.63) is 30.3 Å². The summed E-state index contributed by atoms with van der Waals surface area (Å²) in [5.41, 5.74) is 5.09. The number of nitrogens with zero attached hydrogens (tertiary/aromatic N) is 1. The lowest BCUT2D eigenvalue weighted by atomic mass is 10.3. The summed E-state index contributed by atoms with van der Waals surface area (Å²) in [6, 6.07) is 8.23. The molecule has 0 aliphatic carbocycles. The van der Waals surface area contributed by atoms with Crippen LogP contribution < -0.4 is 5.73 Å². The highest BCUT2D eigenvalue weighted by molar-refractivity contribution is 7.89. The highest BCUT2D eigenvalue weighted by atomic mass is 32.2. The maximum absolute atomic E-state index is 12.4. The number of carbonyl (C=O) groups excluding carboxylic acids is 1. The molecule has 0 unspecified atom stereocenters. The summed E-state index contributed by atoms with van der Waals surface area (Å²) >= 11 is 0. The molecule has 106 valence electrons. The summed E-state index contributed by atoms with van der Waals surface area (Å²) in [7, 11) is -3.54. The van der Waals surface area contributed by atoms with E-state index >= 15 is 0 Å². The second-order valence-corrected chi connectivity index (χ2v) is 6.22. The number of nitrogens with two attached hydrogens (primary N) is 1. The molecule has 0 fully saturated rings. The lowest BCUT2D eigenvalue weighted by molar-refractivity contribution is -0.118. The molecular formula is C13H20N2O3S. The molecule has 0 spiro atoms. The lowest BCUT2D eigenvalue weighted by Crippen LogP contribution is -2.34. The third-order valence-electron chi connectivity index (χ3n) is 2.75. The Balaban J connectivity index is 2.91. The van der Waals surface area contributed by atoms with Crippen LogP contribution >= 0.6 is 0 Å². The Bertz CT molecular complexity index is 500.